The molecule has 0 unspecified atom stereocenters. The van der Waals surface area contributed by atoms with Gasteiger partial charge in [0, 0.05) is 12.1 Å². The Hall–Kier alpha value is -2.95. The highest BCUT2D eigenvalue weighted by Crippen LogP contribution is 2.15. The number of allylic oxidation sites excluding steroid dienone is 7. The predicted molar refractivity (Wildman–Crippen MR) is 132 cm³/mol. The van der Waals surface area contributed by atoms with Gasteiger partial charge in [0.2, 0.25) is 0 Å². The first-order valence-electron chi connectivity index (χ1n) is 11.2. The first-order valence-corrected chi connectivity index (χ1v) is 11.2. The summed E-state index contributed by atoms with van der Waals surface area (Å²) in [5.74, 6) is -0.558. The van der Waals surface area contributed by atoms with Crippen LogP contribution in [0.4, 0.5) is 5.69 Å². The second kappa shape index (κ2) is 15.0. The minimum Gasteiger partial charge on any atom is -0.458 e. The van der Waals surface area contributed by atoms with Crippen LogP contribution in [0.2, 0.25) is 0 Å². The van der Waals surface area contributed by atoms with Crippen LogP contribution in [0.5, 0.6) is 0 Å². The summed E-state index contributed by atoms with van der Waals surface area (Å²) in [6.45, 7) is 10.8. The summed E-state index contributed by atoms with van der Waals surface area (Å²) in [5.41, 5.74) is 5.43. The Kier molecular flexibility index (Phi) is 12.7. The van der Waals surface area contributed by atoms with Crippen molar-refractivity contribution in [3.63, 3.8) is 0 Å². The van der Waals surface area contributed by atoms with Crippen LogP contribution in [0.15, 0.2) is 70.9 Å². The first-order chi connectivity index (χ1) is 15.2. The maximum absolute atomic E-state index is 12.0. The van der Waals surface area contributed by atoms with Gasteiger partial charge < -0.3 is 4.74 Å². The standard InChI is InChI=1S/C27H37NO4/c1-21(2)10-6-11-22(3)12-7-13-23(4)14-8-15-24(5)18-19-32-27(29)25-16-9-17-26(20-25)28(30)31/h9-10,12,14,16-18,20H,6-8,11,13,15,19H2,1-5H3/b22-12+,23-14?,24-18+. The lowest BCUT2D eigenvalue weighted by atomic mass is 10.0. The molecule has 0 N–H and O–H groups in total. The number of nitro groups is 1. The van der Waals surface area contributed by atoms with E-state index in [0.717, 1.165) is 44.1 Å². The van der Waals surface area contributed by atoms with Crippen LogP contribution in [-0.4, -0.2) is 17.5 Å². The van der Waals surface area contributed by atoms with Gasteiger partial charge >= 0.3 is 5.97 Å². The van der Waals surface area contributed by atoms with Crippen LogP contribution in [-0.2, 0) is 4.74 Å². The van der Waals surface area contributed by atoms with Crippen molar-refractivity contribution in [1.82, 2.24) is 0 Å². The molecular weight excluding hydrogens is 402 g/mol. The number of hydrogen-bond acceptors (Lipinski definition) is 4. The minimum atomic E-state index is -0.558. The number of nitro benzene ring substituents is 1. The van der Waals surface area contributed by atoms with Gasteiger partial charge in [-0.05, 0) is 85.3 Å². The highest BCUT2D eigenvalue weighted by molar-refractivity contribution is 5.90. The molecule has 0 amide bonds. The summed E-state index contributed by atoms with van der Waals surface area (Å²) in [5, 5.41) is 10.8. The first kappa shape index (κ1) is 27.1. The Morgan fingerprint density at radius 1 is 0.875 bits per heavy atom. The van der Waals surface area contributed by atoms with Gasteiger partial charge in [0.25, 0.3) is 5.69 Å². The Labute approximate surface area is 192 Å². The number of esters is 1. The fourth-order valence-corrected chi connectivity index (χ4v) is 3.08. The Morgan fingerprint density at radius 2 is 1.41 bits per heavy atom. The second-order valence-corrected chi connectivity index (χ2v) is 8.45. The van der Waals surface area contributed by atoms with Crippen molar-refractivity contribution in [3.05, 3.63) is 86.5 Å². The molecular formula is C27H37NO4. The molecule has 0 bridgehead atoms. The fourth-order valence-electron chi connectivity index (χ4n) is 3.08. The van der Waals surface area contributed by atoms with E-state index < -0.39 is 10.9 Å². The zero-order valence-electron chi connectivity index (χ0n) is 20.1. The number of ether oxygens (including phenoxy) is 1. The average Bonchev–Trinajstić information content (AvgIpc) is 2.73. The summed E-state index contributed by atoms with van der Waals surface area (Å²) in [6, 6.07) is 5.57. The van der Waals surface area contributed by atoms with Crippen molar-refractivity contribution in [2.24, 2.45) is 0 Å². The highest BCUT2D eigenvalue weighted by atomic mass is 16.6. The third-order valence-electron chi connectivity index (χ3n) is 5.09. The molecule has 0 aliphatic carbocycles. The van der Waals surface area contributed by atoms with Crippen molar-refractivity contribution < 1.29 is 14.5 Å². The molecule has 1 aromatic carbocycles. The van der Waals surface area contributed by atoms with E-state index in [4.69, 9.17) is 4.74 Å². The summed E-state index contributed by atoms with van der Waals surface area (Å²) in [4.78, 5) is 22.3. The van der Waals surface area contributed by atoms with E-state index in [9.17, 15) is 14.9 Å². The topological polar surface area (TPSA) is 69.4 Å². The maximum Gasteiger partial charge on any atom is 0.338 e. The molecule has 0 aromatic heterocycles. The van der Waals surface area contributed by atoms with Gasteiger partial charge in [0.1, 0.15) is 6.61 Å². The quantitative estimate of drug-likeness (QED) is 0.136. The van der Waals surface area contributed by atoms with E-state index in [-0.39, 0.29) is 17.9 Å². The summed E-state index contributed by atoms with van der Waals surface area (Å²) in [7, 11) is 0. The molecule has 0 fully saturated rings. The molecule has 0 spiro atoms. The third kappa shape index (κ3) is 12.0. The van der Waals surface area contributed by atoms with Crippen LogP contribution in [0, 0.1) is 10.1 Å². The molecule has 0 aliphatic heterocycles. The molecule has 1 aromatic rings. The molecule has 0 heterocycles. The molecule has 174 valence electrons. The van der Waals surface area contributed by atoms with Gasteiger partial charge in [0.05, 0.1) is 10.5 Å². The summed E-state index contributed by atoms with van der Waals surface area (Å²) in [6.07, 6.45) is 15.0. The summed E-state index contributed by atoms with van der Waals surface area (Å²) >= 11 is 0. The zero-order valence-corrected chi connectivity index (χ0v) is 20.1. The summed E-state index contributed by atoms with van der Waals surface area (Å²) < 4.78 is 5.21. The second-order valence-electron chi connectivity index (χ2n) is 8.45. The predicted octanol–water partition coefficient (Wildman–Crippen LogP) is 7.90. The lowest BCUT2D eigenvalue weighted by Crippen LogP contribution is -2.06. The molecule has 5 nitrogen and oxygen atoms in total. The minimum absolute atomic E-state index is 0.122. The van der Waals surface area contributed by atoms with Gasteiger partial charge in [-0.15, -0.1) is 0 Å². The molecule has 0 saturated heterocycles. The number of non-ortho nitro benzene ring substituents is 1. The van der Waals surface area contributed by atoms with E-state index in [1.165, 1.54) is 41.0 Å². The largest absolute Gasteiger partial charge is 0.458 e. The number of hydrogen-bond donors (Lipinski definition) is 0. The van der Waals surface area contributed by atoms with Crippen LogP contribution < -0.4 is 0 Å². The lowest BCUT2D eigenvalue weighted by molar-refractivity contribution is -0.384. The van der Waals surface area contributed by atoms with Gasteiger partial charge in [0.15, 0.2) is 0 Å². The van der Waals surface area contributed by atoms with Crippen molar-refractivity contribution in [2.75, 3.05) is 6.61 Å². The number of benzene rings is 1. The number of carbonyl (C=O) groups excluding carboxylic acids is 1. The third-order valence-corrected chi connectivity index (χ3v) is 5.09. The Balaban J connectivity index is 2.34. The molecule has 1 rings (SSSR count). The monoisotopic (exact) mass is 439 g/mol. The van der Waals surface area contributed by atoms with Gasteiger partial charge in [-0.25, -0.2) is 4.79 Å². The number of rotatable bonds is 13. The van der Waals surface area contributed by atoms with Crippen LogP contribution >= 0.6 is 0 Å². The van der Waals surface area contributed by atoms with Gasteiger partial charge in [-0.2, -0.15) is 0 Å². The SMILES string of the molecule is CC(C)=CCC/C(C)=C/CCC(C)=CCC/C(C)=C/COC(=O)c1cccc([N+](=O)[O-])c1. The Morgan fingerprint density at radius 3 is 1.94 bits per heavy atom. The number of carbonyl (C=O) groups is 1. The van der Waals surface area contributed by atoms with Crippen LogP contribution in [0.1, 0.15) is 83.5 Å². The molecule has 5 heteroatoms. The van der Waals surface area contributed by atoms with Crippen LogP contribution in [0.3, 0.4) is 0 Å². The van der Waals surface area contributed by atoms with Crippen molar-refractivity contribution in [2.45, 2.75) is 73.1 Å². The Bertz CT molecular complexity index is 887. The van der Waals surface area contributed by atoms with E-state index in [0.29, 0.717) is 0 Å². The maximum atomic E-state index is 12.0. The fraction of sp³-hybridized carbons (Fsp3) is 0.444. The van der Waals surface area contributed by atoms with Crippen molar-refractivity contribution in [1.29, 1.82) is 0 Å². The molecule has 0 aliphatic rings. The lowest BCUT2D eigenvalue weighted by Gasteiger charge is -2.04. The number of nitrogens with zero attached hydrogens (tertiary/aromatic N) is 1. The van der Waals surface area contributed by atoms with Gasteiger partial charge in [-0.3, -0.25) is 10.1 Å². The molecule has 0 radical (unpaired) electrons. The molecule has 0 atom stereocenters. The van der Waals surface area contributed by atoms with E-state index in [1.54, 1.807) is 0 Å². The van der Waals surface area contributed by atoms with Gasteiger partial charge in [-0.1, -0.05) is 46.6 Å². The molecule has 32 heavy (non-hydrogen) atoms. The normalized spacial score (nSPS) is 12.5. The smallest absolute Gasteiger partial charge is 0.338 e. The van der Waals surface area contributed by atoms with Crippen LogP contribution in [0.25, 0.3) is 0 Å². The highest BCUT2D eigenvalue weighted by Gasteiger charge is 2.12. The van der Waals surface area contributed by atoms with Crippen molar-refractivity contribution in [3.8, 4) is 0 Å². The van der Waals surface area contributed by atoms with E-state index in [2.05, 4.69) is 45.9 Å². The molecule has 0 saturated carbocycles. The van der Waals surface area contributed by atoms with E-state index in [1.807, 2.05) is 13.0 Å². The average molecular weight is 440 g/mol. The zero-order chi connectivity index (χ0) is 23.9. The van der Waals surface area contributed by atoms with Crippen molar-refractivity contribution >= 4 is 11.7 Å². The van der Waals surface area contributed by atoms with E-state index >= 15 is 0 Å².